The number of hydrogen-bond donors (Lipinski definition) is 2. The minimum Gasteiger partial charge on any atom is -0.394 e. The highest BCUT2D eigenvalue weighted by molar-refractivity contribution is 4.88. The maximum atomic E-state index is 9.52. The molecule has 2 unspecified atom stereocenters. The van der Waals surface area contributed by atoms with Gasteiger partial charge in [0.15, 0.2) is 0 Å². The van der Waals surface area contributed by atoms with Crippen molar-refractivity contribution in [1.82, 2.24) is 15.1 Å². The fourth-order valence-corrected chi connectivity index (χ4v) is 2.68. The second-order valence-corrected chi connectivity index (χ2v) is 5.74. The molecule has 0 aliphatic carbocycles. The lowest BCUT2D eigenvalue weighted by Crippen LogP contribution is -2.57. The molecule has 2 N–H and O–H groups in total. The Hall–Kier alpha value is -0.160. The van der Waals surface area contributed by atoms with Crippen LogP contribution in [0, 0.1) is 0 Å². The first-order valence-corrected chi connectivity index (χ1v) is 6.75. The molecule has 0 aromatic heterocycles. The van der Waals surface area contributed by atoms with Gasteiger partial charge in [0.1, 0.15) is 0 Å². The summed E-state index contributed by atoms with van der Waals surface area (Å²) >= 11 is 0. The summed E-state index contributed by atoms with van der Waals surface area (Å²) in [5, 5.41) is 12.9. The minimum absolute atomic E-state index is 0.164. The number of likely N-dealkylation sites (tertiary alicyclic amines) is 1. The first-order chi connectivity index (χ1) is 8.00. The molecule has 1 saturated heterocycles. The monoisotopic (exact) mass is 243 g/mol. The van der Waals surface area contributed by atoms with Gasteiger partial charge in [0.05, 0.1) is 12.1 Å². The molecule has 1 rings (SSSR count). The van der Waals surface area contributed by atoms with E-state index in [-0.39, 0.29) is 12.1 Å². The van der Waals surface area contributed by atoms with Gasteiger partial charge in [0, 0.05) is 19.1 Å². The third-order valence-electron chi connectivity index (χ3n) is 3.74. The molecule has 4 nitrogen and oxygen atoms in total. The van der Waals surface area contributed by atoms with Crippen molar-refractivity contribution in [2.75, 3.05) is 46.9 Å². The summed E-state index contributed by atoms with van der Waals surface area (Å²) in [4.78, 5) is 4.79. The first-order valence-electron chi connectivity index (χ1n) is 6.75. The number of nitrogens with one attached hydrogen (secondary N) is 1. The number of aliphatic hydroxyl groups excluding tert-OH is 1. The molecule has 17 heavy (non-hydrogen) atoms. The van der Waals surface area contributed by atoms with Gasteiger partial charge >= 0.3 is 0 Å². The average Bonchev–Trinajstić information content (AvgIpc) is 2.29. The van der Waals surface area contributed by atoms with Gasteiger partial charge in [-0.25, -0.2) is 0 Å². The van der Waals surface area contributed by atoms with Gasteiger partial charge in [-0.2, -0.15) is 0 Å². The van der Waals surface area contributed by atoms with Gasteiger partial charge < -0.3 is 15.3 Å². The van der Waals surface area contributed by atoms with Crippen LogP contribution < -0.4 is 5.32 Å². The van der Waals surface area contributed by atoms with Crippen LogP contribution in [0.5, 0.6) is 0 Å². The number of nitrogens with zero attached hydrogens (tertiary/aromatic N) is 2. The number of rotatable bonds is 6. The van der Waals surface area contributed by atoms with Gasteiger partial charge in [-0.1, -0.05) is 6.92 Å². The highest BCUT2D eigenvalue weighted by atomic mass is 16.3. The molecule has 102 valence electrons. The van der Waals surface area contributed by atoms with E-state index in [1.165, 1.54) is 12.8 Å². The minimum atomic E-state index is -0.164. The largest absolute Gasteiger partial charge is 0.394 e. The Labute approximate surface area is 106 Å². The van der Waals surface area contributed by atoms with Crippen molar-refractivity contribution < 1.29 is 5.11 Å². The fraction of sp³-hybridized carbons (Fsp3) is 1.00. The molecule has 0 aromatic carbocycles. The zero-order valence-corrected chi connectivity index (χ0v) is 11.9. The van der Waals surface area contributed by atoms with Gasteiger partial charge in [-0.05, 0) is 47.0 Å². The normalized spacial score (nSPS) is 26.1. The molecule has 0 aromatic rings. The van der Waals surface area contributed by atoms with Crippen LogP contribution in [0.3, 0.4) is 0 Å². The van der Waals surface area contributed by atoms with Crippen LogP contribution in [0.2, 0.25) is 0 Å². The highest BCUT2D eigenvalue weighted by Crippen LogP contribution is 2.16. The number of likely N-dealkylation sites (N-methyl/N-ethyl adjacent to an activating group) is 2. The molecule has 0 bridgehead atoms. The Balaban J connectivity index is 2.49. The Bertz CT molecular complexity index is 223. The van der Waals surface area contributed by atoms with Gasteiger partial charge in [0.25, 0.3) is 0 Å². The predicted molar refractivity (Wildman–Crippen MR) is 72.3 cm³/mol. The summed E-state index contributed by atoms with van der Waals surface area (Å²) in [5.74, 6) is 0. The summed E-state index contributed by atoms with van der Waals surface area (Å²) in [6.07, 6.45) is 2.55. The van der Waals surface area contributed by atoms with E-state index in [2.05, 4.69) is 43.1 Å². The third-order valence-corrected chi connectivity index (χ3v) is 3.74. The van der Waals surface area contributed by atoms with Crippen molar-refractivity contribution in [1.29, 1.82) is 0 Å². The van der Waals surface area contributed by atoms with Crippen LogP contribution >= 0.6 is 0 Å². The maximum Gasteiger partial charge on any atom is 0.0623 e. The Morgan fingerprint density at radius 1 is 1.47 bits per heavy atom. The van der Waals surface area contributed by atoms with Crippen molar-refractivity contribution in [3.05, 3.63) is 0 Å². The Kier molecular flexibility index (Phi) is 5.86. The second-order valence-electron chi connectivity index (χ2n) is 5.74. The molecule has 1 aliphatic heterocycles. The molecular weight excluding hydrogens is 214 g/mol. The summed E-state index contributed by atoms with van der Waals surface area (Å²) in [6.45, 7) is 8.51. The molecule has 0 radical (unpaired) electrons. The van der Waals surface area contributed by atoms with Crippen molar-refractivity contribution in [3.63, 3.8) is 0 Å². The SMILES string of the molecule is CCNC(C)(CO)CN1CCCC(N(C)C)C1. The molecule has 1 heterocycles. The van der Waals surface area contributed by atoms with Crippen molar-refractivity contribution >= 4 is 0 Å². The van der Waals surface area contributed by atoms with Crippen molar-refractivity contribution in [2.24, 2.45) is 0 Å². The fourth-order valence-electron chi connectivity index (χ4n) is 2.68. The van der Waals surface area contributed by atoms with E-state index in [0.29, 0.717) is 6.04 Å². The summed E-state index contributed by atoms with van der Waals surface area (Å²) in [6, 6.07) is 0.660. The summed E-state index contributed by atoms with van der Waals surface area (Å²) in [5.41, 5.74) is -0.164. The van der Waals surface area contributed by atoms with Gasteiger partial charge in [-0.15, -0.1) is 0 Å². The number of hydrogen-bond acceptors (Lipinski definition) is 4. The lowest BCUT2D eigenvalue weighted by atomic mass is 9.99. The van der Waals surface area contributed by atoms with Gasteiger partial charge in [-0.3, -0.25) is 4.90 Å². The number of aliphatic hydroxyl groups is 1. The van der Waals surface area contributed by atoms with E-state index in [0.717, 1.165) is 26.2 Å². The quantitative estimate of drug-likeness (QED) is 0.707. The lowest BCUT2D eigenvalue weighted by Gasteiger charge is -2.41. The van der Waals surface area contributed by atoms with E-state index in [1.54, 1.807) is 0 Å². The molecule has 0 spiro atoms. The molecular formula is C13H29N3O. The molecule has 1 fully saturated rings. The third kappa shape index (κ3) is 4.54. The predicted octanol–water partition coefficient (Wildman–Crippen LogP) is 0.373. The van der Waals surface area contributed by atoms with E-state index >= 15 is 0 Å². The zero-order valence-electron chi connectivity index (χ0n) is 11.9. The van der Waals surface area contributed by atoms with Crippen LogP contribution in [-0.2, 0) is 0 Å². The first kappa shape index (κ1) is 14.9. The molecule has 4 heteroatoms. The topological polar surface area (TPSA) is 38.7 Å². The zero-order chi connectivity index (χ0) is 12.9. The van der Waals surface area contributed by atoms with Crippen LogP contribution in [-0.4, -0.2) is 73.4 Å². The number of piperidine rings is 1. The second kappa shape index (κ2) is 6.69. The van der Waals surface area contributed by atoms with Crippen LogP contribution in [0.15, 0.2) is 0 Å². The van der Waals surface area contributed by atoms with E-state index in [4.69, 9.17) is 0 Å². The molecule has 0 saturated carbocycles. The summed E-state index contributed by atoms with van der Waals surface area (Å²) < 4.78 is 0. The molecule has 0 amide bonds. The Morgan fingerprint density at radius 3 is 2.71 bits per heavy atom. The van der Waals surface area contributed by atoms with E-state index in [1.807, 2.05) is 0 Å². The lowest BCUT2D eigenvalue weighted by molar-refractivity contribution is 0.0790. The smallest absolute Gasteiger partial charge is 0.0623 e. The maximum absolute atomic E-state index is 9.52. The standard InChI is InChI=1S/C13H29N3O/c1-5-14-13(2,11-17)10-16-8-6-7-12(9-16)15(3)4/h12,14,17H,5-11H2,1-4H3. The highest BCUT2D eigenvalue weighted by Gasteiger charge is 2.29. The molecule has 2 atom stereocenters. The average molecular weight is 243 g/mol. The van der Waals surface area contributed by atoms with E-state index in [9.17, 15) is 5.11 Å². The van der Waals surface area contributed by atoms with Crippen molar-refractivity contribution in [2.45, 2.75) is 38.3 Å². The van der Waals surface area contributed by atoms with E-state index < -0.39 is 0 Å². The van der Waals surface area contributed by atoms with Crippen LogP contribution in [0.4, 0.5) is 0 Å². The summed E-state index contributed by atoms with van der Waals surface area (Å²) in [7, 11) is 4.31. The van der Waals surface area contributed by atoms with Crippen molar-refractivity contribution in [3.8, 4) is 0 Å². The Morgan fingerprint density at radius 2 is 2.18 bits per heavy atom. The van der Waals surface area contributed by atoms with Crippen LogP contribution in [0.25, 0.3) is 0 Å². The van der Waals surface area contributed by atoms with Gasteiger partial charge in [0.2, 0.25) is 0 Å². The van der Waals surface area contributed by atoms with Crippen LogP contribution in [0.1, 0.15) is 26.7 Å². The molecule has 1 aliphatic rings.